The smallest absolute Gasteiger partial charge is 0.339 e. The van der Waals surface area contributed by atoms with Gasteiger partial charge >= 0.3 is 5.97 Å². The minimum atomic E-state index is -3.13. The van der Waals surface area contributed by atoms with E-state index in [2.05, 4.69) is 5.32 Å². The number of sulfone groups is 1. The van der Waals surface area contributed by atoms with Crippen molar-refractivity contribution < 1.29 is 27.5 Å². The molecule has 0 spiro atoms. The molecule has 1 heterocycles. The van der Waals surface area contributed by atoms with Crippen LogP contribution in [0.1, 0.15) is 37.8 Å². The predicted octanol–water partition coefficient (Wildman–Crippen LogP) is 1.76. The summed E-state index contributed by atoms with van der Waals surface area (Å²) in [5.74, 6) is -0.926. The van der Waals surface area contributed by atoms with Crippen LogP contribution in [-0.4, -0.2) is 31.7 Å². The molecule has 8 heteroatoms. The fraction of sp³-hybridized carbons (Fsp3) is 0.250. The van der Waals surface area contributed by atoms with E-state index in [4.69, 9.17) is 9.52 Å². The van der Waals surface area contributed by atoms with Crippen LogP contribution in [-0.2, 0) is 22.1 Å². The Morgan fingerprint density at radius 3 is 2.33 bits per heavy atom. The van der Waals surface area contributed by atoms with E-state index in [1.807, 2.05) is 0 Å². The Balaban J connectivity index is 2.00. The van der Waals surface area contributed by atoms with Gasteiger partial charge in [-0.05, 0) is 30.7 Å². The van der Waals surface area contributed by atoms with Crippen molar-refractivity contribution in [1.82, 2.24) is 5.32 Å². The van der Waals surface area contributed by atoms with Crippen LogP contribution in [0.5, 0.6) is 0 Å². The number of hydrogen-bond donors (Lipinski definition) is 2. The van der Waals surface area contributed by atoms with Crippen LogP contribution < -0.4 is 5.32 Å². The molecule has 0 bridgehead atoms. The molecule has 0 aliphatic carbocycles. The van der Waals surface area contributed by atoms with Crippen LogP contribution in [0.4, 0.5) is 0 Å². The van der Waals surface area contributed by atoms with Gasteiger partial charge in [0.2, 0.25) is 0 Å². The Labute approximate surface area is 139 Å². The van der Waals surface area contributed by atoms with Crippen LogP contribution in [0, 0.1) is 6.92 Å². The molecule has 128 valence electrons. The van der Waals surface area contributed by atoms with E-state index in [9.17, 15) is 18.0 Å². The highest BCUT2D eigenvalue weighted by atomic mass is 32.2. The lowest BCUT2D eigenvalue weighted by molar-refractivity contribution is 0.0694. The molecule has 1 amide bonds. The summed E-state index contributed by atoms with van der Waals surface area (Å²) < 4.78 is 27.7. The molecule has 2 aromatic rings. The lowest BCUT2D eigenvalue weighted by atomic mass is 10.1. The standard InChI is InChI=1S/C16H17NO6S/c1-10-14(16(19)20)7-13(23-10)8-17-15(18)12-5-3-11(4-6-12)9-24(2,21)22/h3-7H,8-9H2,1-2H3,(H,17,18)(H,19,20). The van der Waals surface area contributed by atoms with Gasteiger partial charge in [-0.25, -0.2) is 13.2 Å². The summed E-state index contributed by atoms with van der Waals surface area (Å²) in [6.45, 7) is 1.59. The van der Waals surface area contributed by atoms with Crippen LogP contribution in [0.15, 0.2) is 34.7 Å². The van der Waals surface area contributed by atoms with Crippen molar-refractivity contribution in [2.24, 2.45) is 0 Å². The zero-order valence-electron chi connectivity index (χ0n) is 13.2. The molecule has 0 fully saturated rings. The van der Waals surface area contributed by atoms with Crippen LogP contribution in [0.2, 0.25) is 0 Å². The number of aromatic carboxylic acids is 1. The highest BCUT2D eigenvalue weighted by molar-refractivity contribution is 7.89. The second-order valence-corrected chi connectivity index (χ2v) is 7.58. The van der Waals surface area contributed by atoms with Crippen LogP contribution >= 0.6 is 0 Å². The van der Waals surface area contributed by atoms with Crippen molar-refractivity contribution in [1.29, 1.82) is 0 Å². The first-order valence-corrected chi connectivity index (χ1v) is 9.09. The van der Waals surface area contributed by atoms with Crippen molar-refractivity contribution in [2.75, 3.05) is 6.26 Å². The fourth-order valence-corrected chi connectivity index (χ4v) is 2.97. The Morgan fingerprint density at radius 2 is 1.83 bits per heavy atom. The SMILES string of the molecule is Cc1oc(CNC(=O)c2ccc(CS(C)(=O)=O)cc2)cc1C(=O)O. The maximum Gasteiger partial charge on any atom is 0.339 e. The van der Waals surface area contributed by atoms with E-state index >= 15 is 0 Å². The number of rotatable bonds is 6. The zero-order valence-corrected chi connectivity index (χ0v) is 14.0. The third kappa shape index (κ3) is 4.69. The summed E-state index contributed by atoms with van der Waals surface area (Å²) in [4.78, 5) is 23.0. The summed E-state index contributed by atoms with van der Waals surface area (Å²) in [5, 5.41) is 11.6. The van der Waals surface area contributed by atoms with Crippen molar-refractivity contribution in [2.45, 2.75) is 19.2 Å². The zero-order chi connectivity index (χ0) is 17.9. The highest BCUT2D eigenvalue weighted by Gasteiger charge is 2.14. The Kier molecular flexibility index (Phi) is 5.08. The minimum Gasteiger partial charge on any atom is -0.478 e. The number of hydrogen-bond acceptors (Lipinski definition) is 5. The second kappa shape index (κ2) is 6.88. The number of carboxylic acid groups (broad SMARTS) is 1. The molecule has 24 heavy (non-hydrogen) atoms. The molecule has 2 N–H and O–H groups in total. The molecule has 1 aromatic carbocycles. The molecule has 0 saturated carbocycles. The topological polar surface area (TPSA) is 114 Å². The van der Waals surface area contributed by atoms with Crippen molar-refractivity contribution >= 4 is 21.7 Å². The molecule has 0 radical (unpaired) electrons. The molecular weight excluding hydrogens is 334 g/mol. The fourth-order valence-electron chi connectivity index (χ4n) is 2.17. The van der Waals surface area contributed by atoms with Crippen molar-refractivity contribution in [3.8, 4) is 0 Å². The van der Waals surface area contributed by atoms with Gasteiger partial charge < -0.3 is 14.8 Å². The van der Waals surface area contributed by atoms with Crippen molar-refractivity contribution in [3.63, 3.8) is 0 Å². The Morgan fingerprint density at radius 1 is 1.21 bits per heavy atom. The first kappa shape index (κ1) is 17.7. The predicted molar refractivity (Wildman–Crippen MR) is 86.6 cm³/mol. The number of benzene rings is 1. The normalized spacial score (nSPS) is 11.2. The number of aryl methyl sites for hydroxylation is 1. The maximum atomic E-state index is 12.1. The van der Waals surface area contributed by atoms with E-state index in [0.29, 0.717) is 16.9 Å². The third-order valence-electron chi connectivity index (χ3n) is 3.27. The van der Waals surface area contributed by atoms with Gasteiger partial charge in [-0.1, -0.05) is 12.1 Å². The molecule has 1 aromatic heterocycles. The van der Waals surface area contributed by atoms with Gasteiger partial charge in [0.05, 0.1) is 12.3 Å². The molecule has 0 aliphatic rings. The van der Waals surface area contributed by atoms with E-state index in [1.54, 1.807) is 12.1 Å². The number of carbonyl (C=O) groups is 2. The van der Waals surface area contributed by atoms with E-state index in [1.165, 1.54) is 25.1 Å². The molecule has 0 atom stereocenters. The quantitative estimate of drug-likeness (QED) is 0.820. The number of carboxylic acids is 1. The Bertz CT molecular complexity index is 864. The molecular formula is C16H17NO6S. The molecule has 0 unspecified atom stereocenters. The Hall–Kier alpha value is -2.61. The molecule has 2 rings (SSSR count). The first-order chi connectivity index (χ1) is 11.2. The summed E-state index contributed by atoms with van der Waals surface area (Å²) in [6, 6.07) is 7.59. The van der Waals surface area contributed by atoms with Crippen LogP contribution in [0.3, 0.4) is 0 Å². The third-order valence-corrected chi connectivity index (χ3v) is 4.13. The summed E-state index contributed by atoms with van der Waals surface area (Å²) in [7, 11) is -3.13. The number of nitrogens with one attached hydrogen (secondary N) is 1. The number of furan rings is 1. The largest absolute Gasteiger partial charge is 0.478 e. The average Bonchev–Trinajstić information content (AvgIpc) is 2.85. The van der Waals surface area contributed by atoms with Crippen molar-refractivity contribution in [3.05, 3.63) is 58.5 Å². The van der Waals surface area contributed by atoms with Gasteiger partial charge in [0.15, 0.2) is 9.84 Å². The number of amides is 1. The molecule has 7 nitrogen and oxygen atoms in total. The lowest BCUT2D eigenvalue weighted by Gasteiger charge is -2.05. The average molecular weight is 351 g/mol. The summed E-state index contributed by atoms with van der Waals surface area (Å²) in [5.41, 5.74) is 1.03. The summed E-state index contributed by atoms with van der Waals surface area (Å²) in [6.07, 6.45) is 1.14. The summed E-state index contributed by atoms with van der Waals surface area (Å²) >= 11 is 0. The minimum absolute atomic E-state index is 0.0536. The molecule has 0 saturated heterocycles. The maximum absolute atomic E-state index is 12.1. The first-order valence-electron chi connectivity index (χ1n) is 7.03. The van der Waals surface area contributed by atoms with Gasteiger partial charge in [-0.2, -0.15) is 0 Å². The van der Waals surface area contributed by atoms with Gasteiger partial charge in [-0.3, -0.25) is 4.79 Å². The number of carbonyl (C=O) groups excluding carboxylic acids is 1. The van der Waals surface area contributed by atoms with Gasteiger partial charge in [0.25, 0.3) is 5.91 Å². The monoisotopic (exact) mass is 351 g/mol. The highest BCUT2D eigenvalue weighted by Crippen LogP contribution is 2.15. The van der Waals surface area contributed by atoms with Gasteiger partial charge in [-0.15, -0.1) is 0 Å². The van der Waals surface area contributed by atoms with Crippen LogP contribution in [0.25, 0.3) is 0 Å². The van der Waals surface area contributed by atoms with E-state index in [-0.39, 0.29) is 29.5 Å². The lowest BCUT2D eigenvalue weighted by Crippen LogP contribution is -2.22. The second-order valence-electron chi connectivity index (χ2n) is 5.44. The van der Waals surface area contributed by atoms with E-state index in [0.717, 1.165) is 6.26 Å². The van der Waals surface area contributed by atoms with E-state index < -0.39 is 15.8 Å². The van der Waals surface area contributed by atoms with Gasteiger partial charge in [0, 0.05) is 11.8 Å². The molecule has 0 aliphatic heterocycles. The van der Waals surface area contributed by atoms with Gasteiger partial charge in [0.1, 0.15) is 17.1 Å².